The predicted molar refractivity (Wildman–Crippen MR) is 78.5 cm³/mol. The highest BCUT2D eigenvalue weighted by molar-refractivity contribution is 9.10. The van der Waals surface area contributed by atoms with Crippen molar-refractivity contribution in [2.24, 2.45) is 0 Å². The van der Waals surface area contributed by atoms with E-state index in [0.717, 1.165) is 21.2 Å². The Morgan fingerprint density at radius 2 is 2.00 bits per heavy atom. The third-order valence-corrected chi connectivity index (χ3v) is 3.39. The van der Waals surface area contributed by atoms with Crippen LogP contribution in [0.25, 0.3) is 11.0 Å². The minimum Gasteiger partial charge on any atom is -0.324 e. The summed E-state index contributed by atoms with van der Waals surface area (Å²) in [7, 11) is 0. The summed E-state index contributed by atoms with van der Waals surface area (Å²) in [6.07, 6.45) is 0. The van der Waals surface area contributed by atoms with Gasteiger partial charge in [-0.05, 0) is 30.3 Å². The van der Waals surface area contributed by atoms with Crippen LogP contribution < -0.4 is 5.32 Å². The lowest BCUT2D eigenvalue weighted by molar-refractivity contribution is 1.31. The van der Waals surface area contributed by atoms with E-state index in [0.29, 0.717) is 11.0 Å². The number of fused-ring (bicyclic) bond motifs is 1. The number of anilines is 2. The fraction of sp³-hybridized carbons (Fsp3) is 0. The third-order valence-electron chi connectivity index (χ3n) is 2.57. The average Bonchev–Trinajstić information content (AvgIpc) is 2.73. The van der Waals surface area contributed by atoms with Crippen LogP contribution in [-0.4, -0.2) is 9.97 Å². The number of aromatic nitrogens is 2. The molecule has 0 fully saturated rings. The van der Waals surface area contributed by atoms with Gasteiger partial charge < -0.3 is 10.3 Å². The van der Waals surface area contributed by atoms with Crippen molar-refractivity contribution in [1.29, 1.82) is 0 Å². The molecule has 90 valence electrons. The molecule has 18 heavy (non-hydrogen) atoms. The Morgan fingerprint density at radius 1 is 1.17 bits per heavy atom. The number of benzene rings is 2. The van der Waals surface area contributed by atoms with Crippen molar-refractivity contribution in [2.75, 3.05) is 5.32 Å². The van der Waals surface area contributed by atoms with E-state index >= 15 is 0 Å². The van der Waals surface area contributed by atoms with Crippen LogP contribution in [0.15, 0.2) is 46.9 Å². The first-order valence-corrected chi connectivity index (χ1v) is 6.56. The van der Waals surface area contributed by atoms with Gasteiger partial charge in [-0.15, -0.1) is 0 Å². The van der Waals surface area contributed by atoms with Gasteiger partial charge in [0.25, 0.3) is 0 Å². The number of rotatable bonds is 2. The number of aromatic amines is 1. The summed E-state index contributed by atoms with van der Waals surface area (Å²) in [6.45, 7) is 0. The Kier molecular flexibility index (Phi) is 2.97. The van der Waals surface area contributed by atoms with Gasteiger partial charge in [0.2, 0.25) is 5.95 Å². The largest absolute Gasteiger partial charge is 0.324 e. The Morgan fingerprint density at radius 3 is 2.83 bits per heavy atom. The molecule has 0 aliphatic carbocycles. The van der Waals surface area contributed by atoms with Crippen LogP contribution in [0.3, 0.4) is 0 Å². The lowest BCUT2D eigenvalue weighted by atomic mass is 10.3. The summed E-state index contributed by atoms with van der Waals surface area (Å²) < 4.78 is 1.02. The van der Waals surface area contributed by atoms with Crippen LogP contribution in [-0.2, 0) is 0 Å². The molecule has 0 saturated heterocycles. The molecular weight excluding hydrogens is 314 g/mol. The van der Waals surface area contributed by atoms with Gasteiger partial charge in [-0.2, -0.15) is 0 Å². The molecule has 0 amide bonds. The highest BCUT2D eigenvalue weighted by Gasteiger charge is 2.05. The third kappa shape index (κ3) is 2.21. The van der Waals surface area contributed by atoms with Gasteiger partial charge in [0, 0.05) is 4.47 Å². The molecule has 0 saturated carbocycles. The molecule has 0 spiro atoms. The average molecular weight is 323 g/mol. The predicted octanol–water partition coefficient (Wildman–Crippen LogP) is 4.72. The van der Waals surface area contributed by atoms with Gasteiger partial charge >= 0.3 is 0 Å². The number of nitrogens with zero attached hydrogens (tertiary/aromatic N) is 1. The Labute approximate surface area is 117 Å². The molecule has 0 aliphatic heterocycles. The molecule has 1 aromatic heterocycles. The maximum absolute atomic E-state index is 6.09. The SMILES string of the molecule is Clc1ccccc1Nc1nc2ccc(Br)cc2[nH]1. The molecule has 0 unspecified atom stereocenters. The summed E-state index contributed by atoms with van der Waals surface area (Å²) in [5.74, 6) is 0.677. The minimum absolute atomic E-state index is 0.666. The van der Waals surface area contributed by atoms with E-state index in [1.807, 2.05) is 42.5 Å². The molecule has 1 heterocycles. The van der Waals surface area contributed by atoms with Gasteiger partial charge in [-0.3, -0.25) is 0 Å². The zero-order valence-corrected chi connectivity index (χ0v) is 11.6. The lowest BCUT2D eigenvalue weighted by Gasteiger charge is -2.03. The quantitative estimate of drug-likeness (QED) is 0.716. The smallest absolute Gasteiger partial charge is 0.205 e. The molecule has 3 aromatic rings. The van der Waals surface area contributed by atoms with Crippen molar-refractivity contribution in [3.05, 3.63) is 52.0 Å². The first-order chi connectivity index (χ1) is 8.72. The highest BCUT2D eigenvalue weighted by atomic mass is 79.9. The van der Waals surface area contributed by atoms with Crippen molar-refractivity contribution in [1.82, 2.24) is 9.97 Å². The molecule has 0 aliphatic rings. The summed E-state index contributed by atoms with van der Waals surface area (Å²) in [6, 6.07) is 13.5. The maximum atomic E-state index is 6.09. The number of halogens is 2. The monoisotopic (exact) mass is 321 g/mol. The number of nitrogens with one attached hydrogen (secondary N) is 2. The fourth-order valence-corrected chi connectivity index (χ4v) is 2.28. The number of para-hydroxylation sites is 1. The van der Waals surface area contributed by atoms with E-state index in [1.165, 1.54) is 0 Å². The number of imidazole rings is 1. The van der Waals surface area contributed by atoms with E-state index in [-0.39, 0.29) is 0 Å². The second kappa shape index (κ2) is 4.63. The number of hydrogen-bond acceptors (Lipinski definition) is 2. The second-order valence-electron chi connectivity index (χ2n) is 3.85. The van der Waals surface area contributed by atoms with Gasteiger partial charge in [0.15, 0.2) is 0 Å². The van der Waals surface area contributed by atoms with Crippen molar-refractivity contribution < 1.29 is 0 Å². The highest BCUT2D eigenvalue weighted by Crippen LogP contribution is 2.25. The van der Waals surface area contributed by atoms with E-state index in [9.17, 15) is 0 Å². The summed E-state index contributed by atoms with van der Waals surface area (Å²) in [5.41, 5.74) is 2.71. The van der Waals surface area contributed by atoms with Crippen LogP contribution in [0.4, 0.5) is 11.6 Å². The first-order valence-electron chi connectivity index (χ1n) is 5.39. The molecule has 3 rings (SSSR count). The molecule has 5 heteroatoms. The normalized spacial score (nSPS) is 10.8. The van der Waals surface area contributed by atoms with Crippen LogP contribution in [0.2, 0.25) is 5.02 Å². The number of H-pyrrole nitrogens is 1. The van der Waals surface area contributed by atoms with Crippen LogP contribution in [0, 0.1) is 0 Å². The van der Waals surface area contributed by atoms with Crippen LogP contribution >= 0.6 is 27.5 Å². The van der Waals surface area contributed by atoms with E-state index < -0.39 is 0 Å². The summed E-state index contributed by atoms with van der Waals surface area (Å²) >= 11 is 9.52. The van der Waals surface area contributed by atoms with Crippen molar-refractivity contribution in [3.63, 3.8) is 0 Å². The molecular formula is C13H9BrClN3. The fourth-order valence-electron chi connectivity index (χ4n) is 1.73. The maximum Gasteiger partial charge on any atom is 0.205 e. The topological polar surface area (TPSA) is 40.7 Å². The molecule has 0 radical (unpaired) electrons. The van der Waals surface area contributed by atoms with E-state index in [4.69, 9.17) is 11.6 Å². The zero-order chi connectivity index (χ0) is 12.5. The van der Waals surface area contributed by atoms with Crippen molar-refractivity contribution in [2.45, 2.75) is 0 Å². The Hall–Kier alpha value is -1.52. The minimum atomic E-state index is 0.666. The second-order valence-corrected chi connectivity index (χ2v) is 5.17. The summed E-state index contributed by atoms with van der Waals surface area (Å²) in [5, 5.41) is 3.83. The summed E-state index contributed by atoms with van der Waals surface area (Å²) in [4.78, 5) is 7.65. The first kappa shape index (κ1) is 11.6. The van der Waals surface area contributed by atoms with Crippen LogP contribution in [0.5, 0.6) is 0 Å². The zero-order valence-electron chi connectivity index (χ0n) is 9.24. The number of hydrogen-bond donors (Lipinski definition) is 2. The lowest BCUT2D eigenvalue weighted by Crippen LogP contribution is -1.92. The van der Waals surface area contributed by atoms with Crippen LogP contribution in [0.1, 0.15) is 0 Å². The Balaban J connectivity index is 1.98. The standard InChI is InChI=1S/C13H9BrClN3/c14-8-5-6-11-12(7-8)18-13(17-11)16-10-4-2-1-3-9(10)15/h1-7H,(H2,16,17,18). The van der Waals surface area contributed by atoms with Crippen molar-refractivity contribution >= 4 is 50.2 Å². The van der Waals surface area contributed by atoms with Gasteiger partial charge in [-0.1, -0.05) is 39.7 Å². The molecule has 3 nitrogen and oxygen atoms in total. The molecule has 2 N–H and O–H groups in total. The molecule has 0 atom stereocenters. The van der Waals surface area contributed by atoms with E-state index in [2.05, 4.69) is 31.2 Å². The van der Waals surface area contributed by atoms with E-state index in [1.54, 1.807) is 0 Å². The molecule has 0 bridgehead atoms. The molecule has 2 aromatic carbocycles. The van der Waals surface area contributed by atoms with Crippen molar-refractivity contribution in [3.8, 4) is 0 Å². The van der Waals surface area contributed by atoms with Gasteiger partial charge in [0.05, 0.1) is 21.7 Å². The Bertz CT molecular complexity index is 708. The van der Waals surface area contributed by atoms with Gasteiger partial charge in [-0.25, -0.2) is 4.98 Å². The van der Waals surface area contributed by atoms with Gasteiger partial charge in [0.1, 0.15) is 0 Å².